The van der Waals surface area contributed by atoms with Crippen LogP contribution in [0.4, 0.5) is 5.95 Å². The fourth-order valence-electron chi connectivity index (χ4n) is 2.30. The highest BCUT2D eigenvalue weighted by Crippen LogP contribution is 2.28. The molecule has 0 unspecified atom stereocenters. The minimum atomic E-state index is 0.481. The minimum Gasteiger partial charge on any atom is -0.353 e. The monoisotopic (exact) mass is 257 g/mol. The summed E-state index contributed by atoms with van der Waals surface area (Å²) in [7, 11) is 0. The van der Waals surface area contributed by atoms with Crippen LogP contribution in [0.3, 0.4) is 0 Å². The van der Waals surface area contributed by atoms with Crippen molar-refractivity contribution in [2.75, 3.05) is 17.7 Å². The molecule has 0 bridgehead atoms. The maximum Gasteiger partial charge on any atom is 0.243 e. The topological polar surface area (TPSA) is 55.6 Å². The van der Waals surface area contributed by atoms with Crippen LogP contribution in [0.1, 0.15) is 51.0 Å². The van der Waals surface area contributed by atoms with Crippen LogP contribution >= 0.6 is 11.6 Å². The molecule has 1 heterocycles. The van der Waals surface area contributed by atoms with Gasteiger partial charge in [0.1, 0.15) is 0 Å². The summed E-state index contributed by atoms with van der Waals surface area (Å²) < 4.78 is 1.96. The number of nitrogens with zero attached hydrogens (tertiary/aromatic N) is 4. The van der Waals surface area contributed by atoms with E-state index in [0.717, 1.165) is 31.2 Å². The summed E-state index contributed by atoms with van der Waals surface area (Å²) in [4.78, 5) is 0. The van der Waals surface area contributed by atoms with Gasteiger partial charge in [0.05, 0.1) is 6.04 Å². The predicted octanol–water partition coefficient (Wildman–Crippen LogP) is 2.61. The van der Waals surface area contributed by atoms with Gasteiger partial charge in [0.25, 0.3) is 0 Å². The maximum absolute atomic E-state index is 5.64. The molecular formula is C11H20ClN5. The summed E-state index contributed by atoms with van der Waals surface area (Å²) in [5.41, 5.74) is 0. The van der Waals surface area contributed by atoms with E-state index in [1.807, 2.05) is 4.68 Å². The molecule has 0 aliphatic heterocycles. The molecule has 0 aromatic carbocycles. The summed E-state index contributed by atoms with van der Waals surface area (Å²) in [5.74, 6) is 1.53. The van der Waals surface area contributed by atoms with Crippen molar-refractivity contribution in [1.29, 1.82) is 0 Å². The van der Waals surface area contributed by atoms with E-state index in [2.05, 4.69) is 20.8 Å². The molecule has 1 aliphatic rings. The Balaban J connectivity index is 1.87. The average Bonchev–Trinajstić information content (AvgIpc) is 2.84. The first-order valence-electron chi connectivity index (χ1n) is 6.49. The SMILES string of the molecule is ClCCCCNc1nnnn1C1CCCCC1. The van der Waals surface area contributed by atoms with Crippen molar-refractivity contribution in [3.8, 4) is 0 Å². The predicted molar refractivity (Wildman–Crippen MR) is 68.4 cm³/mol. The summed E-state index contributed by atoms with van der Waals surface area (Å²) in [6.45, 7) is 0.889. The van der Waals surface area contributed by atoms with Crippen molar-refractivity contribution in [2.24, 2.45) is 0 Å². The lowest BCUT2D eigenvalue weighted by molar-refractivity contribution is 0.327. The van der Waals surface area contributed by atoms with Gasteiger partial charge in [-0.1, -0.05) is 24.4 Å². The van der Waals surface area contributed by atoms with E-state index >= 15 is 0 Å². The lowest BCUT2D eigenvalue weighted by Gasteiger charge is -2.22. The molecule has 1 N–H and O–H groups in total. The van der Waals surface area contributed by atoms with E-state index in [4.69, 9.17) is 11.6 Å². The number of anilines is 1. The number of halogens is 1. The van der Waals surface area contributed by atoms with Crippen molar-refractivity contribution in [3.63, 3.8) is 0 Å². The lowest BCUT2D eigenvalue weighted by atomic mass is 9.96. The van der Waals surface area contributed by atoms with Gasteiger partial charge in [-0.2, -0.15) is 0 Å². The molecule has 0 amide bonds. The van der Waals surface area contributed by atoms with Crippen LogP contribution in [0, 0.1) is 0 Å². The highest BCUT2D eigenvalue weighted by Gasteiger charge is 2.19. The molecule has 96 valence electrons. The Labute approximate surface area is 107 Å². The van der Waals surface area contributed by atoms with Crippen LogP contribution in [0.15, 0.2) is 0 Å². The number of hydrogen-bond donors (Lipinski definition) is 1. The molecule has 0 saturated heterocycles. The highest BCUT2D eigenvalue weighted by molar-refractivity contribution is 6.17. The Hall–Kier alpha value is -0.840. The van der Waals surface area contributed by atoms with E-state index in [1.54, 1.807) is 0 Å². The molecule has 2 rings (SSSR count). The van der Waals surface area contributed by atoms with Gasteiger partial charge in [-0.15, -0.1) is 11.6 Å². The Morgan fingerprint density at radius 1 is 1.24 bits per heavy atom. The van der Waals surface area contributed by atoms with E-state index in [9.17, 15) is 0 Å². The van der Waals surface area contributed by atoms with Gasteiger partial charge in [-0.05, 0) is 36.1 Å². The fourth-order valence-corrected chi connectivity index (χ4v) is 2.49. The average molecular weight is 258 g/mol. The molecule has 1 fully saturated rings. The highest BCUT2D eigenvalue weighted by atomic mass is 35.5. The van der Waals surface area contributed by atoms with Crippen molar-refractivity contribution < 1.29 is 0 Å². The number of aromatic nitrogens is 4. The first kappa shape index (κ1) is 12.6. The van der Waals surface area contributed by atoms with Crippen molar-refractivity contribution in [2.45, 2.75) is 51.0 Å². The summed E-state index contributed by atoms with van der Waals surface area (Å²) in [6, 6.07) is 0.481. The Bertz CT molecular complexity index is 321. The van der Waals surface area contributed by atoms with Crippen LogP contribution in [0.25, 0.3) is 0 Å². The first-order chi connectivity index (χ1) is 8.42. The van der Waals surface area contributed by atoms with Crippen LogP contribution in [-0.2, 0) is 0 Å². The molecule has 0 radical (unpaired) electrons. The first-order valence-corrected chi connectivity index (χ1v) is 7.03. The molecule has 17 heavy (non-hydrogen) atoms. The van der Waals surface area contributed by atoms with E-state index in [1.165, 1.54) is 32.1 Å². The van der Waals surface area contributed by atoms with Gasteiger partial charge in [0.2, 0.25) is 5.95 Å². The van der Waals surface area contributed by atoms with Gasteiger partial charge in [0.15, 0.2) is 0 Å². The largest absolute Gasteiger partial charge is 0.353 e. The molecular weight excluding hydrogens is 238 g/mol. The van der Waals surface area contributed by atoms with Gasteiger partial charge in [-0.25, -0.2) is 4.68 Å². The minimum absolute atomic E-state index is 0.481. The lowest BCUT2D eigenvalue weighted by Crippen LogP contribution is -2.18. The van der Waals surface area contributed by atoms with E-state index < -0.39 is 0 Å². The third kappa shape index (κ3) is 3.56. The second kappa shape index (κ2) is 6.79. The normalized spacial score (nSPS) is 17.2. The van der Waals surface area contributed by atoms with Gasteiger partial charge in [0, 0.05) is 12.4 Å². The third-order valence-electron chi connectivity index (χ3n) is 3.26. The molecule has 1 saturated carbocycles. The third-order valence-corrected chi connectivity index (χ3v) is 3.52. The Morgan fingerprint density at radius 3 is 2.82 bits per heavy atom. The Morgan fingerprint density at radius 2 is 2.06 bits per heavy atom. The van der Waals surface area contributed by atoms with Crippen LogP contribution in [0.5, 0.6) is 0 Å². The molecule has 6 heteroatoms. The fraction of sp³-hybridized carbons (Fsp3) is 0.909. The van der Waals surface area contributed by atoms with E-state index in [0.29, 0.717) is 6.04 Å². The zero-order valence-corrected chi connectivity index (χ0v) is 10.9. The van der Waals surface area contributed by atoms with E-state index in [-0.39, 0.29) is 0 Å². The van der Waals surface area contributed by atoms with Crippen molar-refractivity contribution >= 4 is 17.5 Å². The van der Waals surface area contributed by atoms with Crippen LogP contribution < -0.4 is 5.32 Å². The number of alkyl halides is 1. The number of nitrogens with one attached hydrogen (secondary N) is 1. The maximum atomic E-state index is 5.64. The second-order valence-electron chi connectivity index (χ2n) is 4.56. The van der Waals surface area contributed by atoms with Crippen molar-refractivity contribution in [1.82, 2.24) is 20.2 Å². The quantitative estimate of drug-likeness (QED) is 0.629. The van der Waals surface area contributed by atoms with Crippen LogP contribution in [0.2, 0.25) is 0 Å². The molecule has 0 atom stereocenters. The van der Waals surface area contributed by atoms with Gasteiger partial charge < -0.3 is 5.32 Å². The smallest absolute Gasteiger partial charge is 0.243 e. The molecule has 0 spiro atoms. The summed E-state index contributed by atoms with van der Waals surface area (Å²) >= 11 is 5.64. The summed E-state index contributed by atoms with van der Waals surface area (Å²) in [5, 5.41) is 15.2. The molecule has 1 aromatic heterocycles. The van der Waals surface area contributed by atoms with Gasteiger partial charge in [-0.3, -0.25) is 0 Å². The van der Waals surface area contributed by atoms with Crippen LogP contribution in [-0.4, -0.2) is 32.6 Å². The number of hydrogen-bond acceptors (Lipinski definition) is 4. The number of tetrazole rings is 1. The number of unbranched alkanes of at least 4 members (excludes halogenated alkanes) is 1. The standard InChI is InChI=1S/C11H20ClN5/c12-8-4-5-9-13-11-14-15-16-17(11)10-6-2-1-3-7-10/h10H,1-9H2,(H,13,14,16). The second-order valence-corrected chi connectivity index (χ2v) is 4.94. The zero-order chi connectivity index (χ0) is 11.9. The Kier molecular flexibility index (Phi) is 5.04. The molecule has 1 aromatic rings. The number of rotatable bonds is 6. The van der Waals surface area contributed by atoms with Gasteiger partial charge >= 0.3 is 0 Å². The summed E-state index contributed by atoms with van der Waals surface area (Å²) in [6.07, 6.45) is 8.40. The van der Waals surface area contributed by atoms with Crippen molar-refractivity contribution in [3.05, 3.63) is 0 Å². The zero-order valence-electron chi connectivity index (χ0n) is 10.1. The molecule has 5 nitrogen and oxygen atoms in total. The molecule has 1 aliphatic carbocycles.